The fourth-order valence-corrected chi connectivity index (χ4v) is 3.27. The van der Waals surface area contributed by atoms with Gasteiger partial charge < -0.3 is 10.2 Å². The number of nitrogens with zero attached hydrogens (tertiary/aromatic N) is 2. The van der Waals surface area contributed by atoms with Crippen molar-refractivity contribution < 1.29 is 0 Å². The zero-order valence-electron chi connectivity index (χ0n) is 8.22. The van der Waals surface area contributed by atoms with E-state index in [-0.39, 0.29) is 0 Å². The number of thiazole rings is 1. The van der Waals surface area contributed by atoms with Gasteiger partial charge in [-0.05, 0) is 22.4 Å². The van der Waals surface area contributed by atoms with Gasteiger partial charge in [-0.2, -0.15) is 0 Å². The molecule has 1 saturated heterocycles. The van der Waals surface area contributed by atoms with Crippen molar-refractivity contribution in [3.63, 3.8) is 0 Å². The van der Waals surface area contributed by atoms with Gasteiger partial charge in [-0.1, -0.05) is 18.3 Å². The fourth-order valence-electron chi connectivity index (χ4n) is 1.53. The Labute approximate surface area is 96.7 Å². The van der Waals surface area contributed by atoms with Gasteiger partial charge in [0.25, 0.3) is 0 Å². The predicted octanol–water partition coefficient (Wildman–Crippen LogP) is 1.88. The number of halogens is 1. The summed E-state index contributed by atoms with van der Waals surface area (Å²) in [7, 11) is 0. The van der Waals surface area contributed by atoms with Gasteiger partial charge >= 0.3 is 0 Å². The predicted molar refractivity (Wildman–Crippen MR) is 64.3 cm³/mol. The Hall–Kier alpha value is -0.130. The van der Waals surface area contributed by atoms with Crippen LogP contribution in [0.3, 0.4) is 0 Å². The van der Waals surface area contributed by atoms with E-state index in [0.717, 1.165) is 37.7 Å². The van der Waals surface area contributed by atoms with Crippen molar-refractivity contribution in [1.29, 1.82) is 0 Å². The highest BCUT2D eigenvalue weighted by atomic mass is 79.9. The smallest absolute Gasteiger partial charge is 0.186 e. The van der Waals surface area contributed by atoms with Crippen molar-refractivity contribution in [2.24, 2.45) is 0 Å². The molecule has 0 aromatic carbocycles. The second kappa shape index (κ2) is 4.59. The molecule has 0 unspecified atom stereocenters. The third-order valence-electron chi connectivity index (χ3n) is 2.36. The van der Waals surface area contributed by atoms with E-state index in [1.54, 1.807) is 11.3 Å². The third kappa shape index (κ3) is 2.10. The second-order valence-corrected chi connectivity index (χ2v) is 5.60. The van der Waals surface area contributed by atoms with Crippen molar-refractivity contribution in [2.45, 2.75) is 13.3 Å². The van der Waals surface area contributed by atoms with E-state index in [9.17, 15) is 0 Å². The molecule has 0 atom stereocenters. The normalized spacial score (nSPS) is 17.4. The highest BCUT2D eigenvalue weighted by Gasteiger charge is 2.15. The van der Waals surface area contributed by atoms with Gasteiger partial charge in [0, 0.05) is 26.2 Å². The molecule has 2 rings (SSSR count). The number of aromatic nitrogens is 1. The van der Waals surface area contributed by atoms with E-state index in [0.29, 0.717) is 0 Å². The van der Waals surface area contributed by atoms with Crippen LogP contribution < -0.4 is 10.2 Å². The lowest BCUT2D eigenvalue weighted by molar-refractivity contribution is 0.588. The molecule has 0 amide bonds. The van der Waals surface area contributed by atoms with Crippen LogP contribution in [-0.4, -0.2) is 31.2 Å². The molecule has 14 heavy (non-hydrogen) atoms. The summed E-state index contributed by atoms with van der Waals surface area (Å²) in [5.74, 6) is 0. The van der Waals surface area contributed by atoms with Gasteiger partial charge in [0.15, 0.2) is 5.13 Å². The Bertz CT molecular complexity index is 307. The Morgan fingerprint density at radius 3 is 2.79 bits per heavy atom. The number of nitrogens with one attached hydrogen (secondary N) is 1. The van der Waals surface area contributed by atoms with Gasteiger partial charge in [-0.25, -0.2) is 4.98 Å². The summed E-state index contributed by atoms with van der Waals surface area (Å²) < 4.78 is 1.19. The van der Waals surface area contributed by atoms with Gasteiger partial charge in [-0.3, -0.25) is 0 Å². The van der Waals surface area contributed by atoms with Crippen molar-refractivity contribution in [2.75, 3.05) is 31.1 Å². The first-order valence-electron chi connectivity index (χ1n) is 4.92. The van der Waals surface area contributed by atoms with Crippen LogP contribution in [0.25, 0.3) is 0 Å². The summed E-state index contributed by atoms with van der Waals surface area (Å²) in [4.78, 5) is 6.97. The van der Waals surface area contributed by atoms with E-state index >= 15 is 0 Å². The quantitative estimate of drug-likeness (QED) is 0.894. The lowest BCUT2D eigenvalue weighted by atomic mass is 10.4. The molecular formula is C9H14BrN3S. The van der Waals surface area contributed by atoms with Crippen molar-refractivity contribution in [3.05, 3.63) is 9.48 Å². The van der Waals surface area contributed by atoms with Crippen LogP contribution in [0.2, 0.25) is 0 Å². The summed E-state index contributed by atoms with van der Waals surface area (Å²) in [6, 6.07) is 0. The van der Waals surface area contributed by atoms with Crippen molar-refractivity contribution in [3.8, 4) is 0 Å². The molecule has 0 spiro atoms. The van der Waals surface area contributed by atoms with Crippen molar-refractivity contribution >= 4 is 32.4 Å². The third-order valence-corrected chi connectivity index (χ3v) is 4.25. The molecule has 1 aliphatic rings. The zero-order chi connectivity index (χ0) is 9.97. The average molecular weight is 276 g/mol. The maximum absolute atomic E-state index is 4.62. The molecule has 0 saturated carbocycles. The minimum absolute atomic E-state index is 1.00. The number of hydrogen-bond acceptors (Lipinski definition) is 4. The molecule has 0 aliphatic carbocycles. The van der Waals surface area contributed by atoms with E-state index in [4.69, 9.17) is 0 Å². The molecule has 1 aliphatic heterocycles. The molecule has 5 heteroatoms. The molecule has 1 fully saturated rings. The number of aryl methyl sites for hydroxylation is 1. The fraction of sp³-hybridized carbons (Fsp3) is 0.667. The van der Waals surface area contributed by atoms with Gasteiger partial charge in [0.2, 0.25) is 0 Å². The standard InChI is InChI=1S/C9H14BrN3S/c1-2-7-8(10)14-9(12-7)13-5-3-11-4-6-13/h11H,2-6H2,1H3. The van der Waals surface area contributed by atoms with Gasteiger partial charge in [0.05, 0.1) is 9.48 Å². The molecule has 2 heterocycles. The Kier molecular flexibility index (Phi) is 3.41. The summed E-state index contributed by atoms with van der Waals surface area (Å²) in [6.07, 6.45) is 1.00. The Balaban J connectivity index is 2.14. The minimum Gasteiger partial charge on any atom is -0.346 e. The number of anilines is 1. The van der Waals surface area contributed by atoms with Crippen LogP contribution in [0.5, 0.6) is 0 Å². The van der Waals surface area contributed by atoms with Crippen LogP contribution in [0.4, 0.5) is 5.13 Å². The monoisotopic (exact) mass is 275 g/mol. The largest absolute Gasteiger partial charge is 0.346 e. The number of rotatable bonds is 2. The number of piperazine rings is 1. The molecule has 0 radical (unpaired) electrons. The first-order valence-corrected chi connectivity index (χ1v) is 6.53. The van der Waals surface area contributed by atoms with Crippen molar-refractivity contribution in [1.82, 2.24) is 10.3 Å². The van der Waals surface area contributed by atoms with Gasteiger partial charge in [0.1, 0.15) is 0 Å². The average Bonchev–Trinajstić information content (AvgIpc) is 2.61. The second-order valence-electron chi connectivity index (χ2n) is 3.31. The minimum atomic E-state index is 1.00. The lowest BCUT2D eigenvalue weighted by Gasteiger charge is -2.26. The van der Waals surface area contributed by atoms with E-state index < -0.39 is 0 Å². The molecule has 0 bridgehead atoms. The van der Waals surface area contributed by atoms with E-state index in [1.165, 1.54) is 9.48 Å². The highest BCUT2D eigenvalue weighted by Crippen LogP contribution is 2.31. The number of hydrogen-bond donors (Lipinski definition) is 1. The molecule has 3 nitrogen and oxygen atoms in total. The molecule has 1 aromatic rings. The highest BCUT2D eigenvalue weighted by molar-refractivity contribution is 9.11. The van der Waals surface area contributed by atoms with Crippen LogP contribution in [0.15, 0.2) is 3.79 Å². The van der Waals surface area contributed by atoms with Crippen LogP contribution >= 0.6 is 27.3 Å². The zero-order valence-corrected chi connectivity index (χ0v) is 10.6. The maximum atomic E-state index is 4.62. The molecule has 78 valence electrons. The van der Waals surface area contributed by atoms with E-state index in [2.05, 4.69) is 38.1 Å². The molecule has 1 N–H and O–H groups in total. The molecular weight excluding hydrogens is 262 g/mol. The maximum Gasteiger partial charge on any atom is 0.186 e. The first-order chi connectivity index (χ1) is 6.81. The summed E-state index contributed by atoms with van der Waals surface area (Å²) in [6.45, 7) is 6.42. The SMILES string of the molecule is CCc1nc(N2CCNCC2)sc1Br. The topological polar surface area (TPSA) is 28.2 Å². The molecule has 1 aromatic heterocycles. The Morgan fingerprint density at radius 1 is 1.50 bits per heavy atom. The Morgan fingerprint density at radius 2 is 2.21 bits per heavy atom. The van der Waals surface area contributed by atoms with Crippen LogP contribution in [0.1, 0.15) is 12.6 Å². The van der Waals surface area contributed by atoms with Crippen LogP contribution in [-0.2, 0) is 6.42 Å². The first kappa shape index (κ1) is 10.4. The van der Waals surface area contributed by atoms with E-state index in [1.807, 2.05) is 0 Å². The van der Waals surface area contributed by atoms with Gasteiger partial charge in [-0.15, -0.1) is 0 Å². The summed E-state index contributed by atoms with van der Waals surface area (Å²) >= 11 is 5.31. The summed E-state index contributed by atoms with van der Waals surface area (Å²) in [5, 5.41) is 4.51. The van der Waals surface area contributed by atoms with Crippen LogP contribution in [0, 0.1) is 0 Å². The summed E-state index contributed by atoms with van der Waals surface area (Å²) in [5.41, 5.74) is 1.18. The lowest BCUT2D eigenvalue weighted by Crippen LogP contribution is -2.43.